The number of amides is 3. The molecule has 7 heteroatoms. The number of nitrogens with one attached hydrogen (secondary N) is 1. The summed E-state index contributed by atoms with van der Waals surface area (Å²) in [5.41, 5.74) is 6.37. The van der Waals surface area contributed by atoms with Crippen molar-refractivity contribution in [3.05, 3.63) is 28.8 Å². The summed E-state index contributed by atoms with van der Waals surface area (Å²) in [5.74, 6) is -2.38. The van der Waals surface area contributed by atoms with Crippen molar-refractivity contribution in [1.29, 1.82) is 0 Å². The number of nitrogens with zero attached hydrogens (tertiary/aromatic N) is 1. The molecule has 20 heavy (non-hydrogen) atoms. The minimum atomic E-state index is -0.942. The van der Waals surface area contributed by atoms with Crippen molar-refractivity contribution in [3.63, 3.8) is 0 Å². The van der Waals surface area contributed by atoms with Gasteiger partial charge in [-0.05, 0) is 24.6 Å². The quantitative estimate of drug-likeness (QED) is 0.812. The first-order valence-corrected chi connectivity index (χ1v) is 6.35. The zero-order valence-electron chi connectivity index (χ0n) is 11.3. The first-order chi connectivity index (χ1) is 9.38. The first-order valence-electron chi connectivity index (χ1n) is 5.97. The van der Waals surface area contributed by atoms with Gasteiger partial charge in [0.15, 0.2) is 0 Å². The van der Waals surface area contributed by atoms with E-state index in [9.17, 15) is 14.4 Å². The van der Waals surface area contributed by atoms with Crippen LogP contribution in [0.25, 0.3) is 0 Å². The average molecular weight is 298 g/mol. The van der Waals surface area contributed by atoms with E-state index >= 15 is 0 Å². The molecule has 0 bridgehead atoms. The van der Waals surface area contributed by atoms with Gasteiger partial charge in [0.25, 0.3) is 0 Å². The van der Waals surface area contributed by atoms with E-state index in [2.05, 4.69) is 5.32 Å². The molecule has 1 aromatic rings. The van der Waals surface area contributed by atoms with E-state index in [1.807, 2.05) is 0 Å². The highest BCUT2D eigenvalue weighted by Gasteiger charge is 2.24. The minimum Gasteiger partial charge on any atom is -0.329 e. The maximum absolute atomic E-state index is 11.9. The molecular formula is C13H16ClN3O3. The van der Waals surface area contributed by atoms with Gasteiger partial charge in [0.05, 0.1) is 0 Å². The molecule has 0 aromatic heterocycles. The molecule has 0 heterocycles. The molecule has 3 N–H and O–H groups in total. The largest absolute Gasteiger partial charge is 0.329 e. The number of carbonyl (C=O) groups is 3. The maximum Gasteiger partial charge on any atom is 0.318 e. The summed E-state index contributed by atoms with van der Waals surface area (Å²) in [6.45, 7) is 3.00. The van der Waals surface area contributed by atoms with Crippen molar-refractivity contribution in [2.75, 3.05) is 18.4 Å². The fourth-order valence-corrected chi connectivity index (χ4v) is 1.75. The summed E-state index contributed by atoms with van der Waals surface area (Å²) >= 11 is 5.92. The van der Waals surface area contributed by atoms with Crippen LogP contribution in [-0.2, 0) is 14.4 Å². The monoisotopic (exact) mass is 297 g/mol. The summed E-state index contributed by atoms with van der Waals surface area (Å²) in [6.07, 6.45) is 0. The molecule has 1 aromatic carbocycles. The Morgan fingerprint density at radius 2 is 2.00 bits per heavy atom. The van der Waals surface area contributed by atoms with Crippen LogP contribution < -0.4 is 11.1 Å². The normalized spacial score (nSPS) is 10.0. The van der Waals surface area contributed by atoms with Gasteiger partial charge in [0.2, 0.25) is 5.91 Å². The fraction of sp³-hybridized carbons (Fsp3) is 0.308. The lowest BCUT2D eigenvalue weighted by molar-refractivity contribution is -0.149. The molecule has 3 amide bonds. The Balaban J connectivity index is 2.87. The molecule has 1 rings (SSSR count). The Morgan fingerprint density at radius 3 is 2.55 bits per heavy atom. The number of anilines is 1. The summed E-state index contributed by atoms with van der Waals surface area (Å²) < 4.78 is 0. The topological polar surface area (TPSA) is 92.5 Å². The fourth-order valence-electron chi connectivity index (χ4n) is 1.57. The van der Waals surface area contributed by atoms with E-state index in [1.165, 1.54) is 6.92 Å². The first kappa shape index (κ1) is 16.1. The van der Waals surface area contributed by atoms with Crippen LogP contribution >= 0.6 is 11.6 Å². The smallest absolute Gasteiger partial charge is 0.318 e. The zero-order chi connectivity index (χ0) is 15.3. The number of carbonyl (C=O) groups excluding carboxylic acids is 3. The highest BCUT2D eigenvalue weighted by atomic mass is 35.5. The molecule has 0 aliphatic carbocycles. The predicted molar refractivity (Wildman–Crippen MR) is 76.3 cm³/mol. The van der Waals surface area contributed by atoms with Gasteiger partial charge >= 0.3 is 11.8 Å². The third-order valence-electron chi connectivity index (χ3n) is 2.69. The molecule has 108 valence electrons. The van der Waals surface area contributed by atoms with Crippen molar-refractivity contribution in [2.45, 2.75) is 13.8 Å². The standard InChI is InChI=1S/C13H16ClN3O3/c1-8-10(14)4-3-5-11(8)16-12(19)13(20)17(7-6-15)9(2)18/h3-5H,6-7,15H2,1-2H3,(H,16,19). The van der Waals surface area contributed by atoms with Crippen LogP contribution in [0.4, 0.5) is 5.69 Å². The van der Waals surface area contributed by atoms with Crippen molar-refractivity contribution < 1.29 is 14.4 Å². The highest BCUT2D eigenvalue weighted by Crippen LogP contribution is 2.22. The van der Waals surface area contributed by atoms with E-state index < -0.39 is 17.7 Å². The van der Waals surface area contributed by atoms with Crippen molar-refractivity contribution in [3.8, 4) is 0 Å². The van der Waals surface area contributed by atoms with Gasteiger partial charge in [0.1, 0.15) is 0 Å². The molecule has 0 aliphatic rings. The van der Waals surface area contributed by atoms with Gasteiger partial charge in [-0.15, -0.1) is 0 Å². The number of nitrogens with two attached hydrogens (primary N) is 1. The number of halogens is 1. The highest BCUT2D eigenvalue weighted by molar-refractivity contribution is 6.42. The van der Waals surface area contributed by atoms with E-state index in [-0.39, 0.29) is 13.1 Å². The summed E-state index contributed by atoms with van der Waals surface area (Å²) in [6, 6.07) is 4.94. The third-order valence-corrected chi connectivity index (χ3v) is 3.10. The Morgan fingerprint density at radius 1 is 1.35 bits per heavy atom. The molecule has 0 unspecified atom stereocenters. The van der Waals surface area contributed by atoms with Gasteiger partial charge in [0, 0.05) is 30.7 Å². The van der Waals surface area contributed by atoms with Crippen LogP contribution in [0.1, 0.15) is 12.5 Å². The summed E-state index contributed by atoms with van der Waals surface area (Å²) in [4.78, 5) is 35.8. The lowest BCUT2D eigenvalue weighted by Gasteiger charge is -2.18. The van der Waals surface area contributed by atoms with E-state index in [0.29, 0.717) is 16.3 Å². The van der Waals surface area contributed by atoms with Gasteiger partial charge in [-0.25, -0.2) is 0 Å². The zero-order valence-corrected chi connectivity index (χ0v) is 12.0. The molecule has 0 saturated heterocycles. The molecule has 0 fully saturated rings. The summed E-state index contributed by atoms with van der Waals surface area (Å²) in [5, 5.41) is 2.91. The van der Waals surface area contributed by atoms with E-state index in [0.717, 1.165) is 4.90 Å². The Hall–Kier alpha value is -1.92. The number of imide groups is 1. The van der Waals surface area contributed by atoms with Crippen LogP contribution in [0.2, 0.25) is 5.02 Å². The molecule has 0 aliphatic heterocycles. The minimum absolute atomic E-state index is 0.00385. The number of benzene rings is 1. The molecule has 6 nitrogen and oxygen atoms in total. The van der Waals surface area contributed by atoms with Crippen molar-refractivity contribution in [2.24, 2.45) is 5.73 Å². The SMILES string of the molecule is CC(=O)N(CCN)C(=O)C(=O)Nc1cccc(Cl)c1C. The number of hydrogen-bond donors (Lipinski definition) is 2. The van der Waals surface area contributed by atoms with Crippen LogP contribution in [0.15, 0.2) is 18.2 Å². The van der Waals surface area contributed by atoms with E-state index in [1.54, 1.807) is 25.1 Å². The molecular weight excluding hydrogens is 282 g/mol. The number of rotatable bonds is 3. The Labute approximate surface area is 121 Å². The van der Waals surface area contributed by atoms with Gasteiger partial charge in [-0.2, -0.15) is 0 Å². The second-order valence-electron chi connectivity index (χ2n) is 4.13. The molecule has 0 radical (unpaired) electrons. The third kappa shape index (κ3) is 3.79. The van der Waals surface area contributed by atoms with E-state index in [4.69, 9.17) is 17.3 Å². The predicted octanol–water partition coefficient (Wildman–Crippen LogP) is 0.921. The van der Waals surface area contributed by atoms with Gasteiger partial charge in [-0.1, -0.05) is 17.7 Å². The van der Waals surface area contributed by atoms with Gasteiger partial charge in [-0.3, -0.25) is 19.3 Å². The van der Waals surface area contributed by atoms with Gasteiger partial charge < -0.3 is 11.1 Å². The number of hydrogen-bond acceptors (Lipinski definition) is 4. The second-order valence-corrected chi connectivity index (χ2v) is 4.54. The molecule has 0 saturated carbocycles. The Bertz CT molecular complexity index is 546. The lowest BCUT2D eigenvalue weighted by Crippen LogP contribution is -2.44. The van der Waals surface area contributed by atoms with Crippen LogP contribution in [0.5, 0.6) is 0 Å². The van der Waals surface area contributed by atoms with Crippen LogP contribution in [-0.4, -0.2) is 35.7 Å². The van der Waals surface area contributed by atoms with Crippen LogP contribution in [0, 0.1) is 6.92 Å². The Kier molecular flexibility index (Phi) is 5.66. The molecule has 0 spiro atoms. The molecule has 0 atom stereocenters. The van der Waals surface area contributed by atoms with Crippen LogP contribution in [0.3, 0.4) is 0 Å². The van der Waals surface area contributed by atoms with Crippen molar-refractivity contribution >= 4 is 35.0 Å². The van der Waals surface area contributed by atoms with Crippen molar-refractivity contribution in [1.82, 2.24) is 4.90 Å². The lowest BCUT2D eigenvalue weighted by atomic mass is 10.2. The average Bonchev–Trinajstić information content (AvgIpc) is 2.40. The maximum atomic E-state index is 11.9. The second kappa shape index (κ2) is 7.02. The summed E-state index contributed by atoms with van der Waals surface area (Å²) in [7, 11) is 0.